The molecule has 7 heteroatoms. The highest BCUT2D eigenvalue weighted by molar-refractivity contribution is 7.19. The average Bonchev–Trinajstić information content (AvgIpc) is 3.12. The number of imidazole rings is 1. The number of anilines is 1. The first kappa shape index (κ1) is 18.4. The van der Waals surface area contributed by atoms with Crippen molar-refractivity contribution in [1.82, 2.24) is 14.3 Å². The number of aromatic nitrogens is 2. The van der Waals surface area contributed by atoms with Crippen molar-refractivity contribution in [3.8, 4) is 11.3 Å². The summed E-state index contributed by atoms with van der Waals surface area (Å²) in [5, 5.41) is 3.43. The van der Waals surface area contributed by atoms with Crippen molar-refractivity contribution in [2.24, 2.45) is 0 Å². The zero-order valence-corrected chi connectivity index (χ0v) is 16.6. The minimum absolute atomic E-state index is 0.00210. The number of fused-ring (bicyclic) bond motifs is 1. The number of hydrogen-bond donors (Lipinski definition) is 1. The van der Waals surface area contributed by atoms with Crippen molar-refractivity contribution in [3.63, 3.8) is 0 Å². The molecule has 6 nitrogen and oxygen atoms in total. The number of rotatable bonds is 6. The standard InChI is InChI=1S/C19H24N4O2S/c1-12-6-8-14(9-7-12)15-17(20-10-11-25-5)23-13(2)16(18(24)22(3)4)26-19(23)21-15/h6-9,20H,10-11H2,1-5H3. The summed E-state index contributed by atoms with van der Waals surface area (Å²) < 4.78 is 7.20. The van der Waals surface area contributed by atoms with Crippen LogP contribution in [0.1, 0.15) is 20.9 Å². The topological polar surface area (TPSA) is 58.9 Å². The van der Waals surface area contributed by atoms with Gasteiger partial charge in [0.15, 0.2) is 4.96 Å². The molecule has 26 heavy (non-hydrogen) atoms. The van der Waals surface area contributed by atoms with Crippen LogP contribution >= 0.6 is 11.3 Å². The molecule has 3 rings (SSSR count). The number of benzene rings is 1. The number of methoxy groups -OCH3 is 1. The van der Waals surface area contributed by atoms with Crippen LogP contribution in [-0.4, -0.2) is 54.5 Å². The Hall–Kier alpha value is -2.38. The SMILES string of the molecule is COCCNc1c(-c2ccc(C)cc2)nc2sc(C(=O)N(C)C)c(C)n12. The van der Waals surface area contributed by atoms with Crippen LogP contribution in [-0.2, 0) is 4.74 Å². The van der Waals surface area contributed by atoms with E-state index in [1.807, 2.05) is 11.3 Å². The lowest BCUT2D eigenvalue weighted by molar-refractivity contribution is 0.0831. The van der Waals surface area contributed by atoms with E-state index in [2.05, 4.69) is 36.5 Å². The molecule has 0 atom stereocenters. The van der Waals surface area contributed by atoms with E-state index in [1.165, 1.54) is 16.9 Å². The molecule has 3 aromatic rings. The number of thiazole rings is 1. The van der Waals surface area contributed by atoms with E-state index in [4.69, 9.17) is 9.72 Å². The molecular weight excluding hydrogens is 348 g/mol. The van der Waals surface area contributed by atoms with E-state index >= 15 is 0 Å². The van der Waals surface area contributed by atoms with Crippen LogP contribution < -0.4 is 5.32 Å². The molecule has 0 radical (unpaired) electrons. The summed E-state index contributed by atoms with van der Waals surface area (Å²) in [6, 6.07) is 8.31. The lowest BCUT2D eigenvalue weighted by atomic mass is 10.1. The van der Waals surface area contributed by atoms with Gasteiger partial charge in [-0.25, -0.2) is 4.98 Å². The highest BCUT2D eigenvalue weighted by Gasteiger charge is 2.23. The molecule has 2 heterocycles. The molecule has 0 saturated heterocycles. The summed E-state index contributed by atoms with van der Waals surface area (Å²) in [5.41, 5.74) is 4.04. The number of nitrogens with one attached hydrogen (secondary N) is 1. The van der Waals surface area contributed by atoms with Crippen LogP contribution in [0.25, 0.3) is 16.2 Å². The largest absolute Gasteiger partial charge is 0.383 e. The first-order valence-electron chi connectivity index (χ1n) is 8.47. The van der Waals surface area contributed by atoms with E-state index in [9.17, 15) is 4.79 Å². The van der Waals surface area contributed by atoms with Gasteiger partial charge in [0.25, 0.3) is 5.91 Å². The van der Waals surface area contributed by atoms with Gasteiger partial charge in [0.2, 0.25) is 0 Å². The Morgan fingerprint density at radius 1 is 1.27 bits per heavy atom. The van der Waals surface area contributed by atoms with Gasteiger partial charge in [-0.2, -0.15) is 0 Å². The van der Waals surface area contributed by atoms with E-state index in [1.54, 1.807) is 26.1 Å². The highest BCUT2D eigenvalue weighted by Crippen LogP contribution is 2.34. The number of amides is 1. The molecular formula is C19H24N4O2S. The Bertz CT molecular complexity index is 925. The Morgan fingerprint density at radius 3 is 2.58 bits per heavy atom. The Balaban J connectivity index is 2.14. The summed E-state index contributed by atoms with van der Waals surface area (Å²) in [5.74, 6) is 0.894. The van der Waals surface area contributed by atoms with Crippen LogP contribution in [0.2, 0.25) is 0 Å². The molecule has 0 saturated carbocycles. The fourth-order valence-electron chi connectivity index (χ4n) is 2.79. The monoisotopic (exact) mass is 372 g/mol. The molecule has 0 aliphatic rings. The maximum absolute atomic E-state index is 12.5. The van der Waals surface area contributed by atoms with Gasteiger partial charge in [0.05, 0.1) is 6.61 Å². The molecule has 1 amide bonds. The van der Waals surface area contributed by atoms with Crippen LogP contribution in [0.4, 0.5) is 5.82 Å². The molecule has 138 valence electrons. The van der Waals surface area contributed by atoms with E-state index in [-0.39, 0.29) is 5.91 Å². The van der Waals surface area contributed by atoms with Crippen LogP contribution in [0, 0.1) is 13.8 Å². The van der Waals surface area contributed by atoms with E-state index < -0.39 is 0 Å². The number of aryl methyl sites for hydroxylation is 2. The minimum atomic E-state index is -0.00210. The molecule has 1 aromatic carbocycles. The Labute approximate surface area is 157 Å². The van der Waals surface area contributed by atoms with E-state index in [0.29, 0.717) is 18.0 Å². The van der Waals surface area contributed by atoms with Gasteiger partial charge in [-0.3, -0.25) is 9.20 Å². The molecule has 0 bridgehead atoms. The fraction of sp³-hybridized carbons (Fsp3) is 0.368. The number of carbonyl (C=O) groups is 1. The fourth-order valence-corrected chi connectivity index (χ4v) is 3.94. The Kier molecular flexibility index (Phi) is 5.29. The molecule has 0 fully saturated rings. The van der Waals surface area contributed by atoms with Gasteiger partial charge >= 0.3 is 0 Å². The number of hydrogen-bond acceptors (Lipinski definition) is 5. The maximum atomic E-state index is 12.5. The van der Waals surface area contributed by atoms with Gasteiger partial charge in [0.1, 0.15) is 16.4 Å². The van der Waals surface area contributed by atoms with Crippen LogP contribution in [0.5, 0.6) is 0 Å². The van der Waals surface area contributed by atoms with Gasteiger partial charge < -0.3 is 15.0 Å². The summed E-state index contributed by atoms with van der Waals surface area (Å²) in [7, 11) is 5.21. The summed E-state index contributed by atoms with van der Waals surface area (Å²) in [6.07, 6.45) is 0. The van der Waals surface area contributed by atoms with Gasteiger partial charge in [-0.15, -0.1) is 0 Å². The van der Waals surface area contributed by atoms with Crippen molar-refractivity contribution in [2.45, 2.75) is 13.8 Å². The van der Waals surface area contributed by atoms with Crippen molar-refractivity contribution in [2.75, 3.05) is 39.7 Å². The molecule has 2 aromatic heterocycles. The molecule has 0 aliphatic carbocycles. The number of carbonyl (C=O) groups excluding carboxylic acids is 1. The molecule has 0 aliphatic heterocycles. The second-order valence-electron chi connectivity index (χ2n) is 6.43. The zero-order valence-electron chi connectivity index (χ0n) is 15.8. The Morgan fingerprint density at radius 2 is 1.96 bits per heavy atom. The van der Waals surface area contributed by atoms with Crippen molar-refractivity contribution < 1.29 is 9.53 Å². The minimum Gasteiger partial charge on any atom is -0.383 e. The average molecular weight is 372 g/mol. The smallest absolute Gasteiger partial charge is 0.265 e. The number of nitrogens with zero attached hydrogens (tertiary/aromatic N) is 3. The van der Waals surface area contributed by atoms with E-state index in [0.717, 1.165) is 27.7 Å². The zero-order chi connectivity index (χ0) is 18.8. The first-order chi connectivity index (χ1) is 12.4. The predicted octanol–water partition coefficient (Wildman–Crippen LogP) is 3.44. The van der Waals surface area contributed by atoms with Crippen LogP contribution in [0.3, 0.4) is 0 Å². The van der Waals surface area contributed by atoms with Gasteiger partial charge in [0, 0.05) is 39.0 Å². The van der Waals surface area contributed by atoms with Gasteiger partial charge in [-0.1, -0.05) is 41.2 Å². The van der Waals surface area contributed by atoms with Gasteiger partial charge in [-0.05, 0) is 13.8 Å². The van der Waals surface area contributed by atoms with Crippen molar-refractivity contribution in [3.05, 3.63) is 40.4 Å². The summed E-state index contributed by atoms with van der Waals surface area (Å²) >= 11 is 1.42. The summed E-state index contributed by atoms with van der Waals surface area (Å²) in [6.45, 7) is 5.28. The third-order valence-electron chi connectivity index (χ3n) is 4.23. The quantitative estimate of drug-likeness (QED) is 0.674. The maximum Gasteiger partial charge on any atom is 0.265 e. The van der Waals surface area contributed by atoms with Crippen LogP contribution in [0.15, 0.2) is 24.3 Å². The molecule has 0 spiro atoms. The van der Waals surface area contributed by atoms with Crippen molar-refractivity contribution in [1.29, 1.82) is 0 Å². The molecule has 0 unspecified atom stereocenters. The predicted molar refractivity (Wildman–Crippen MR) is 106 cm³/mol. The lowest BCUT2D eigenvalue weighted by Crippen LogP contribution is -2.21. The normalized spacial score (nSPS) is 11.1. The second kappa shape index (κ2) is 7.47. The third-order valence-corrected chi connectivity index (χ3v) is 5.36. The highest BCUT2D eigenvalue weighted by atomic mass is 32.1. The second-order valence-corrected chi connectivity index (χ2v) is 7.41. The number of ether oxygens (including phenoxy) is 1. The lowest BCUT2D eigenvalue weighted by Gasteiger charge is -2.11. The third kappa shape index (κ3) is 3.32. The molecule has 1 N–H and O–H groups in total. The first-order valence-corrected chi connectivity index (χ1v) is 9.29. The van der Waals surface area contributed by atoms with Crippen molar-refractivity contribution >= 4 is 28.0 Å². The summed E-state index contributed by atoms with van der Waals surface area (Å²) in [4.78, 5) is 20.4.